The first kappa shape index (κ1) is 56.7. The predicted molar refractivity (Wildman–Crippen MR) is 369 cm³/mol. The number of hydrogen-bond donors (Lipinski definition) is 0. The quantitative estimate of drug-likeness (QED) is 0.100. The van der Waals surface area contributed by atoms with E-state index in [1.807, 2.05) is 18.2 Å². The summed E-state index contributed by atoms with van der Waals surface area (Å²) in [5.41, 5.74) is 19.4. The zero-order chi connectivity index (χ0) is 59.0. The average Bonchev–Trinajstić information content (AvgIpc) is 1.19. The number of anilines is 4. The summed E-state index contributed by atoms with van der Waals surface area (Å²) in [6.07, 6.45) is 18.3. The minimum Gasteiger partial charge on any atom is -0.330 e. The highest BCUT2D eigenvalue weighted by molar-refractivity contribution is 6.90. The van der Waals surface area contributed by atoms with E-state index in [1.54, 1.807) is 12.1 Å². The Morgan fingerprint density at radius 1 is 0.381 bits per heavy atom. The average molecular weight is 1170 g/mol. The molecule has 0 fully saturated rings. The van der Waals surface area contributed by atoms with Gasteiger partial charge in [0.1, 0.15) is 11.6 Å². The lowest BCUT2D eigenvalue weighted by atomic mass is 9.67. The monoisotopic (exact) mass is 1170 g/mol. The van der Waals surface area contributed by atoms with E-state index < -0.39 is 32.3 Å². The number of allylic oxidation sites excluding steroid dienone is 10. The van der Waals surface area contributed by atoms with Crippen molar-refractivity contribution in [3.05, 3.63) is 276 Å². The van der Waals surface area contributed by atoms with Gasteiger partial charge in [-0.15, -0.1) is 0 Å². The van der Waals surface area contributed by atoms with Crippen molar-refractivity contribution in [2.45, 2.75) is 84.6 Å². The summed E-state index contributed by atoms with van der Waals surface area (Å²) in [4.78, 5) is 4.67. The van der Waals surface area contributed by atoms with Gasteiger partial charge in [0.25, 0.3) is 0 Å². The van der Waals surface area contributed by atoms with Crippen LogP contribution < -0.4 is 30.5 Å². The zero-order valence-corrected chi connectivity index (χ0v) is 54.7. The van der Waals surface area contributed by atoms with E-state index in [0.717, 1.165) is 78.5 Å². The summed E-state index contributed by atoms with van der Waals surface area (Å²) in [5, 5.41) is 5.59. The van der Waals surface area contributed by atoms with Gasteiger partial charge in [-0.1, -0.05) is 263 Å². The Kier molecular flexibility index (Phi) is 14.7. The van der Waals surface area contributed by atoms with Crippen molar-refractivity contribution in [2.24, 2.45) is 5.92 Å². The van der Waals surface area contributed by atoms with Gasteiger partial charge in [0.05, 0.1) is 49.7 Å². The molecule has 0 radical (unpaired) electrons. The van der Waals surface area contributed by atoms with E-state index in [2.05, 4.69) is 276 Å². The molecule has 8 aromatic carbocycles. The summed E-state index contributed by atoms with van der Waals surface area (Å²) in [6.45, 7) is 28.8. The van der Waals surface area contributed by atoms with Gasteiger partial charge in [0.15, 0.2) is 0 Å². The van der Waals surface area contributed by atoms with Crippen LogP contribution in [-0.4, -0.2) is 38.3 Å². The van der Waals surface area contributed by atoms with Crippen LogP contribution >= 0.6 is 0 Å². The highest BCUT2D eigenvalue weighted by Gasteiger charge is 2.41. The van der Waals surface area contributed by atoms with Gasteiger partial charge in [0, 0.05) is 34.1 Å². The smallest absolute Gasteiger partial charge is 0.125 e. The molecular formula is C76H76F2N2Si4. The van der Waals surface area contributed by atoms with Crippen molar-refractivity contribution in [1.29, 1.82) is 0 Å². The second kappa shape index (κ2) is 21.7. The van der Waals surface area contributed by atoms with Gasteiger partial charge >= 0.3 is 0 Å². The first-order valence-corrected chi connectivity index (χ1v) is 43.8. The van der Waals surface area contributed by atoms with E-state index >= 15 is 8.78 Å². The molecule has 84 heavy (non-hydrogen) atoms. The Bertz CT molecular complexity index is 4180. The molecule has 0 aliphatic heterocycles. The van der Waals surface area contributed by atoms with Crippen molar-refractivity contribution in [3.63, 3.8) is 0 Å². The third-order valence-electron chi connectivity index (χ3n) is 17.3. The molecule has 2 atom stereocenters. The van der Waals surface area contributed by atoms with Gasteiger partial charge in [-0.25, -0.2) is 8.78 Å². The molecule has 0 heterocycles. The van der Waals surface area contributed by atoms with Crippen LogP contribution in [-0.2, 0) is 0 Å². The lowest BCUT2D eigenvalue weighted by Crippen LogP contribution is -2.38. The van der Waals surface area contributed by atoms with Crippen LogP contribution in [0.15, 0.2) is 264 Å². The molecule has 12 rings (SSSR count). The van der Waals surface area contributed by atoms with E-state index in [4.69, 9.17) is 0 Å². The Hall–Kier alpha value is -7.73. The van der Waals surface area contributed by atoms with Crippen molar-refractivity contribution in [1.82, 2.24) is 0 Å². The van der Waals surface area contributed by atoms with Gasteiger partial charge in [-0.2, -0.15) is 0 Å². The SMILES string of the molecule is C[Si](C)(C)c1cccc(-c2ccc(N(C3=C4C=CC5=C6C(=CC=C(C=C3)C46)C(N(c3cccc(F)c3)c3ccc(-c4cccc([Si](C)(C)C)c4)cc3-c3cccc([Si](C)(C)C)c3)C=C5)c3cccc(F)c3)c(-c3cccc([Si](C)(C)C)c3)c2)c1. The standard InChI is InChI=1S/C76H76F2N2Si4/c1-81(2,3)63-27-13-19-53(43-63)55-35-41-73(69(47-55)57-21-15-29-65(45-57)83(7,8)9)79(61-25-17-23-59(77)49-61)71-39-33-51-32-38-68-72(40-34-52-31-37-67(71)75(51)76(52)68)80(62-26-18-24-60(78)50-62)74-42-36-56(54-20-14-28-64(44-54)82(4,5)6)48-70(74)58-22-16-30-66(46-58)84(10,11)12/h13-50,71,76H,1-12H3. The molecule has 0 N–H and O–H groups in total. The van der Waals surface area contributed by atoms with Gasteiger partial charge in [-0.3, -0.25) is 0 Å². The molecule has 4 aliphatic carbocycles. The molecule has 0 saturated heterocycles. The predicted octanol–water partition coefficient (Wildman–Crippen LogP) is 18.9. The van der Waals surface area contributed by atoms with E-state index in [-0.39, 0.29) is 23.6 Å². The van der Waals surface area contributed by atoms with Crippen LogP contribution in [0.1, 0.15) is 0 Å². The van der Waals surface area contributed by atoms with E-state index in [1.165, 1.54) is 55.2 Å². The fourth-order valence-corrected chi connectivity index (χ4v) is 17.3. The maximum Gasteiger partial charge on any atom is 0.125 e. The van der Waals surface area contributed by atoms with Crippen LogP contribution in [0.2, 0.25) is 78.6 Å². The Labute approximate surface area is 502 Å². The highest BCUT2D eigenvalue weighted by atomic mass is 28.3. The Morgan fingerprint density at radius 2 is 0.833 bits per heavy atom. The summed E-state index contributed by atoms with van der Waals surface area (Å²) in [6, 6.07) is 64.1. The lowest BCUT2D eigenvalue weighted by Gasteiger charge is -2.44. The molecule has 2 nitrogen and oxygen atoms in total. The molecule has 420 valence electrons. The minimum atomic E-state index is -1.74. The van der Waals surface area contributed by atoms with E-state index in [9.17, 15) is 0 Å². The normalized spacial score (nSPS) is 16.6. The van der Waals surface area contributed by atoms with Crippen molar-refractivity contribution < 1.29 is 8.78 Å². The lowest BCUT2D eigenvalue weighted by molar-refractivity contribution is 0.627. The summed E-state index contributed by atoms with van der Waals surface area (Å²) < 4.78 is 32.0. The second-order valence-corrected chi connectivity index (χ2v) is 47.7. The maximum atomic E-state index is 16.0. The molecule has 0 spiro atoms. The third kappa shape index (κ3) is 11.0. The molecule has 0 bridgehead atoms. The Balaban J connectivity index is 1.03. The van der Waals surface area contributed by atoms with Crippen LogP contribution in [0.3, 0.4) is 0 Å². The number of rotatable bonds is 14. The molecule has 2 unspecified atom stereocenters. The topological polar surface area (TPSA) is 6.48 Å². The number of halogens is 2. The second-order valence-electron chi connectivity index (χ2n) is 27.4. The zero-order valence-electron chi connectivity index (χ0n) is 50.7. The summed E-state index contributed by atoms with van der Waals surface area (Å²) in [7, 11) is -6.73. The summed E-state index contributed by atoms with van der Waals surface area (Å²) >= 11 is 0. The summed E-state index contributed by atoms with van der Waals surface area (Å²) in [5.74, 6) is -0.724. The molecule has 4 aliphatic rings. The van der Waals surface area contributed by atoms with Crippen LogP contribution in [0.5, 0.6) is 0 Å². The number of nitrogens with zero attached hydrogens (tertiary/aromatic N) is 2. The largest absolute Gasteiger partial charge is 0.330 e. The van der Waals surface area contributed by atoms with Crippen molar-refractivity contribution >= 4 is 75.8 Å². The molecule has 8 aromatic rings. The van der Waals surface area contributed by atoms with Gasteiger partial charge in [-0.05, 0) is 128 Å². The number of benzene rings is 8. The Morgan fingerprint density at radius 3 is 1.36 bits per heavy atom. The molecule has 0 amide bonds. The third-order valence-corrected chi connectivity index (χ3v) is 25.5. The van der Waals surface area contributed by atoms with Crippen LogP contribution in [0.25, 0.3) is 44.5 Å². The first-order chi connectivity index (χ1) is 40.0. The fraction of sp³-hybridized carbons (Fsp3) is 0.184. The molecule has 8 heteroatoms. The maximum absolute atomic E-state index is 16.0. The van der Waals surface area contributed by atoms with Crippen molar-refractivity contribution in [2.75, 3.05) is 9.80 Å². The van der Waals surface area contributed by atoms with E-state index in [0.29, 0.717) is 0 Å². The first-order valence-electron chi connectivity index (χ1n) is 29.8. The fourth-order valence-electron chi connectivity index (χ4n) is 12.6. The molecule has 0 saturated carbocycles. The number of hydrogen-bond acceptors (Lipinski definition) is 2. The molecule has 0 aromatic heterocycles. The van der Waals surface area contributed by atoms with Gasteiger partial charge < -0.3 is 9.80 Å². The highest BCUT2D eigenvalue weighted by Crippen LogP contribution is 2.53. The van der Waals surface area contributed by atoms with Crippen LogP contribution in [0.4, 0.5) is 31.5 Å². The van der Waals surface area contributed by atoms with Crippen LogP contribution in [0, 0.1) is 17.6 Å². The molecular weight excluding hydrogens is 1090 g/mol. The minimum absolute atomic E-state index is 0.140. The van der Waals surface area contributed by atoms with Gasteiger partial charge in [0.2, 0.25) is 0 Å². The van der Waals surface area contributed by atoms with Crippen molar-refractivity contribution in [3.8, 4) is 44.5 Å².